The lowest BCUT2D eigenvalue weighted by Gasteiger charge is -2.13. The van der Waals surface area contributed by atoms with E-state index in [4.69, 9.17) is 0 Å². The molecule has 0 aromatic carbocycles. The van der Waals surface area contributed by atoms with Crippen molar-refractivity contribution in [2.24, 2.45) is 11.8 Å². The first-order valence-corrected chi connectivity index (χ1v) is 5.09. The van der Waals surface area contributed by atoms with Gasteiger partial charge in [0, 0.05) is 0 Å². The molecule has 4 nitrogen and oxygen atoms in total. The summed E-state index contributed by atoms with van der Waals surface area (Å²) in [6.07, 6.45) is 2.17. The Kier molecular flexibility index (Phi) is 3.63. The summed E-state index contributed by atoms with van der Waals surface area (Å²) in [5, 5.41) is 17.6. The van der Waals surface area contributed by atoms with Crippen LogP contribution in [0, 0.1) is 11.8 Å². The van der Waals surface area contributed by atoms with Gasteiger partial charge in [-0.1, -0.05) is 32.9 Å². The van der Waals surface area contributed by atoms with Gasteiger partial charge in [-0.25, -0.2) is 4.68 Å². The van der Waals surface area contributed by atoms with Crippen molar-refractivity contribution >= 4 is 0 Å². The van der Waals surface area contributed by atoms with Crippen LogP contribution in [0.1, 0.15) is 39.6 Å². The maximum Gasteiger partial charge on any atom is 0.151 e. The molecule has 1 unspecified atom stereocenters. The minimum absolute atomic E-state index is 0.156. The van der Waals surface area contributed by atoms with Gasteiger partial charge in [-0.05, 0) is 18.3 Å². The molecule has 0 aliphatic rings. The molecule has 0 amide bonds. The lowest BCUT2D eigenvalue weighted by Crippen LogP contribution is -2.14. The molecule has 1 aromatic rings. The van der Waals surface area contributed by atoms with Gasteiger partial charge in [0.2, 0.25) is 0 Å². The Morgan fingerprint density at radius 3 is 2.50 bits per heavy atom. The van der Waals surface area contributed by atoms with Crippen LogP contribution in [0.3, 0.4) is 0 Å². The Balaban J connectivity index is 2.67. The second-order valence-corrected chi connectivity index (χ2v) is 4.45. The van der Waals surface area contributed by atoms with Crippen molar-refractivity contribution in [2.45, 2.75) is 40.3 Å². The van der Waals surface area contributed by atoms with Crippen LogP contribution in [-0.4, -0.2) is 20.1 Å². The Bertz CT molecular complexity index is 281. The maximum atomic E-state index is 9.71. The standard InChI is InChI=1S/C10H19N3O/c1-7(2)5-9-6-13(12-11-9)10(14)8(3)4/h6-8,10,14H,5H2,1-4H3. The third-order valence-electron chi connectivity index (χ3n) is 2.04. The van der Waals surface area contributed by atoms with Crippen LogP contribution in [0.25, 0.3) is 0 Å². The van der Waals surface area contributed by atoms with Gasteiger partial charge in [-0.15, -0.1) is 5.10 Å². The van der Waals surface area contributed by atoms with Crippen LogP contribution >= 0.6 is 0 Å². The van der Waals surface area contributed by atoms with E-state index in [1.807, 2.05) is 20.0 Å². The van der Waals surface area contributed by atoms with Gasteiger partial charge in [0.15, 0.2) is 6.23 Å². The zero-order valence-electron chi connectivity index (χ0n) is 9.31. The summed E-state index contributed by atoms with van der Waals surface area (Å²) in [6, 6.07) is 0. The molecule has 1 N–H and O–H groups in total. The van der Waals surface area contributed by atoms with Crippen LogP contribution in [0.5, 0.6) is 0 Å². The highest BCUT2D eigenvalue weighted by molar-refractivity contribution is 4.93. The van der Waals surface area contributed by atoms with Gasteiger partial charge in [0.05, 0.1) is 11.9 Å². The summed E-state index contributed by atoms with van der Waals surface area (Å²) in [5.41, 5.74) is 0.944. The first kappa shape index (κ1) is 11.2. The van der Waals surface area contributed by atoms with Gasteiger partial charge in [-0.3, -0.25) is 0 Å². The Labute approximate surface area is 84.9 Å². The van der Waals surface area contributed by atoms with Crippen molar-refractivity contribution in [3.8, 4) is 0 Å². The lowest BCUT2D eigenvalue weighted by molar-refractivity contribution is 0.0431. The van der Waals surface area contributed by atoms with Crippen LogP contribution in [0.15, 0.2) is 6.20 Å². The minimum Gasteiger partial charge on any atom is -0.371 e. The fourth-order valence-electron chi connectivity index (χ4n) is 1.26. The molecular weight excluding hydrogens is 178 g/mol. The average molecular weight is 197 g/mol. The van der Waals surface area contributed by atoms with Crippen LogP contribution in [-0.2, 0) is 6.42 Å². The molecule has 1 heterocycles. The quantitative estimate of drug-likeness (QED) is 0.798. The highest BCUT2D eigenvalue weighted by Crippen LogP contribution is 2.13. The Hall–Kier alpha value is -0.900. The van der Waals surface area contributed by atoms with Gasteiger partial charge < -0.3 is 5.11 Å². The topological polar surface area (TPSA) is 50.9 Å². The SMILES string of the molecule is CC(C)Cc1cn(C(O)C(C)C)nn1. The van der Waals surface area contributed by atoms with Gasteiger partial charge in [0.1, 0.15) is 0 Å². The monoisotopic (exact) mass is 197 g/mol. The van der Waals surface area contributed by atoms with Crippen molar-refractivity contribution < 1.29 is 5.11 Å². The van der Waals surface area contributed by atoms with Crippen molar-refractivity contribution in [1.29, 1.82) is 0 Å². The largest absolute Gasteiger partial charge is 0.371 e. The summed E-state index contributed by atoms with van der Waals surface area (Å²) in [7, 11) is 0. The molecule has 4 heteroatoms. The van der Waals surface area contributed by atoms with Gasteiger partial charge in [0.25, 0.3) is 0 Å². The van der Waals surface area contributed by atoms with Gasteiger partial charge in [-0.2, -0.15) is 0 Å². The summed E-state index contributed by atoms with van der Waals surface area (Å²) in [4.78, 5) is 0. The summed E-state index contributed by atoms with van der Waals surface area (Å²) >= 11 is 0. The van der Waals surface area contributed by atoms with Crippen molar-refractivity contribution in [1.82, 2.24) is 15.0 Å². The minimum atomic E-state index is -0.566. The Morgan fingerprint density at radius 1 is 1.36 bits per heavy atom. The predicted molar refractivity (Wildman–Crippen MR) is 54.7 cm³/mol. The number of aliphatic hydroxyl groups is 1. The molecule has 14 heavy (non-hydrogen) atoms. The van der Waals surface area contributed by atoms with E-state index in [1.165, 1.54) is 4.68 Å². The van der Waals surface area contributed by atoms with E-state index in [1.54, 1.807) is 0 Å². The second kappa shape index (κ2) is 4.55. The summed E-state index contributed by atoms with van der Waals surface area (Å²) in [5.74, 6) is 0.722. The lowest BCUT2D eigenvalue weighted by atomic mass is 10.1. The van der Waals surface area contributed by atoms with E-state index in [0.717, 1.165) is 12.1 Å². The fourth-order valence-corrected chi connectivity index (χ4v) is 1.26. The number of hydrogen-bond acceptors (Lipinski definition) is 3. The number of hydrogen-bond donors (Lipinski definition) is 1. The number of rotatable bonds is 4. The molecule has 0 saturated carbocycles. The summed E-state index contributed by atoms with van der Waals surface area (Å²) in [6.45, 7) is 8.18. The van der Waals surface area contributed by atoms with E-state index in [2.05, 4.69) is 24.2 Å². The number of aromatic nitrogens is 3. The van der Waals surface area contributed by atoms with Crippen molar-refractivity contribution in [2.75, 3.05) is 0 Å². The maximum absolute atomic E-state index is 9.71. The molecule has 0 spiro atoms. The molecule has 1 atom stereocenters. The molecule has 0 fully saturated rings. The molecule has 1 rings (SSSR count). The normalized spacial score (nSPS) is 13.9. The molecule has 0 bridgehead atoms. The van der Waals surface area contributed by atoms with E-state index in [-0.39, 0.29) is 5.92 Å². The molecule has 80 valence electrons. The first-order valence-electron chi connectivity index (χ1n) is 5.09. The smallest absolute Gasteiger partial charge is 0.151 e. The molecule has 0 aliphatic carbocycles. The Morgan fingerprint density at radius 2 is 2.00 bits per heavy atom. The van der Waals surface area contributed by atoms with E-state index >= 15 is 0 Å². The predicted octanol–water partition coefficient (Wildman–Crippen LogP) is 1.62. The third-order valence-corrected chi connectivity index (χ3v) is 2.04. The van der Waals surface area contributed by atoms with E-state index in [0.29, 0.717) is 5.92 Å². The molecular formula is C10H19N3O. The molecule has 0 aliphatic heterocycles. The fraction of sp³-hybridized carbons (Fsp3) is 0.800. The van der Waals surface area contributed by atoms with E-state index in [9.17, 15) is 5.11 Å². The highest BCUT2D eigenvalue weighted by Gasteiger charge is 2.13. The molecule has 0 radical (unpaired) electrons. The highest BCUT2D eigenvalue weighted by atomic mass is 16.3. The second-order valence-electron chi connectivity index (χ2n) is 4.45. The number of nitrogens with zero attached hydrogens (tertiary/aromatic N) is 3. The number of aliphatic hydroxyl groups excluding tert-OH is 1. The molecule has 1 aromatic heterocycles. The molecule has 0 saturated heterocycles. The van der Waals surface area contributed by atoms with Crippen LogP contribution in [0.4, 0.5) is 0 Å². The van der Waals surface area contributed by atoms with Crippen molar-refractivity contribution in [3.63, 3.8) is 0 Å². The van der Waals surface area contributed by atoms with Gasteiger partial charge >= 0.3 is 0 Å². The third kappa shape index (κ3) is 2.80. The van der Waals surface area contributed by atoms with E-state index < -0.39 is 6.23 Å². The zero-order valence-corrected chi connectivity index (χ0v) is 9.31. The summed E-state index contributed by atoms with van der Waals surface area (Å²) < 4.78 is 1.53. The first-order chi connectivity index (χ1) is 6.50. The zero-order chi connectivity index (χ0) is 10.7. The van der Waals surface area contributed by atoms with Crippen LogP contribution < -0.4 is 0 Å². The van der Waals surface area contributed by atoms with Crippen LogP contribution in [0.2, 0.25) is 0 Å². The van der Waals surface area contributed by atoms with Crippen molar-refractivity contribution in [3.05, 3.63) is 11.9 Å². The average Bonchev–Trinajstić information content (AvgIpc) is 2.50.